The molecule has 0 aliphatic heterocycles. The minimum Gasteiger partial charge on any atom is -0.362 e. The number of halogens is 1. The molecule has 0 amide bonds. The predicted molar refractivity (Wildman–Crippen MR) is 134 cm³/mol. The molecule has 1 aliphatic carbocycles. The number of rotatable bonds is 6. The number of primary sulfonamides is 1. The van der Waals surface area contributed by atoms with Crippen LogP contribution in [0.5, 0.6) is 0 Å². The van der Waals surface area contributed by atoms with Gasteiger partial charge < -0.3 is 10.7 Å². The van der Waals surface area contributed by atoms with Crippen molar-refractivity contribution < 1.29 is 8.42 Å². The number of nitrogens with two attached hydrogens (primary N) is 1. The Morgan fingerprint density at radius 2 is 1.74 bits per heavy atom. The zero-order valence-electron chi connectivity index (χ0n) is 18.1. The largest absolute Gasteiger partial charge is 0.362 e. The summed E-state index contributed by atoms with van der Waals surface area (Å²) in [7, 11) is -3.88. The van der Waals surface area contributed by atoms with Crippen molar-refractivity contribution in [3.05, 3.63) is 93.8 Å². The molecule has 4 rings (SSSR count). The fourth-order valence-corrected chi connectivity index (χ4v) is 4.29. The van der Waals surface area contributed by atoms with Crippen LogP contribution < -0.4 is 16.0 Å². The number of allylic oxidation sites excluding steroid dienone is 2. The van der Waals surface area contributed by atoms with E-state index >= 15 is 0 Å². The summed E-state index contributed by atoms with van der Waals surface area (Å²) >= 11 is 6.03. The van der Waals surface area contributed by atoms with Crippen molar-refractivity contribution in [1.29, 1.82) is 5.41 Å². The molecule has 34 heavy (non-hydrogen) atoms. The molecule has 0 saturated carbocycles. The molecule has 1 aromatic heterocycles. The van der Waals surface area contributed by atoms with Crippen LogP contribution in [0.15, 0.2) is 82.5 Å². The predicted octanol–water partition coefficient (Wildman–Crippen LogP) is 3.74. The number of benzene rings is 2. The van der Waals surface area contributed by atoms with Crippen LogP contribution in [0.3, 0.4) is 0 Å². The van der Waals surface area contributed by atoms with Crippen molar-refractivity contribution in [2.45, 2.75) is 17.9 Å². The lowest BCUT2D eigenvalue weighted by molar-refractivity contribution is 0.598. The molecule has 2 atom stereocenters. The Morgan fingerprint density at radius 3 is 2.32 bits per heavy atom. The molecule has 8 nitrogen and oxygen atoms in total. The molecule has 4 N–H and O–H groups in total. The first-order chi connectivity index (χ1) is 16.2. The summed E-state index contributed by atoms with van der Waals surface area (Å²) < 4.78 is 24.8. The first-order valence-corrected chi connectivity index (χ1v) is 12.3. The van der Waals surface area contributed by atoms with E-state index in [9.17, 15) is 13.2 Å². The van der Waals surface area contributed by atoms with Gasteiger partial charge in [0.1, 0.15) is 17.2 Å². The van der Waals surface area contributed by atoms with E-state index in [1.807, 2.05) is 31.2 Å². The Morgan fingerprint density at radius 1 is 1.09 bits per heavy atom. The van der Waals surface area contributed by atoms with E-state index < -0.39 is 15.6 Å². The molecule has 1 aliphatic rings. The highest BCUT2D eigenvalue weighted by Gasteiger charge is 2.22. The van der Waals surface area contributed by atoms with Gasteiger partial charge in [0.2, 0.25) is 10.0 Å². The van der Waals surface area contributed by atoms with E-state index in [4.69, 9.17) is 27.1 Å². The zero-order valence-corrected chi connectivity index (χ0v) is 19.7. The first-order valence-electron chi connectivity index (χ1n) is 10.4. The van der Waals surface area contributed by atoms with Gasteiger partial charge in [-0.25, -0.2) is 18.5 Å². The molecular formula is C24H22ClN5O3S. The van der Waals surface area contributed by atoms with Crippen molar-refractivity contribution >= 4 is 33.7 Å². The summed E-state index contributed by atoms with van der Waals surface area (Å²) in [5, 5.41) is 16.9. The summed E-state index contributed by atoms with van der Waals surface area (Å²) in [6.45, 7) is 2.03. The lowest BCUT2D eigenvalue weighted by atomic mass is 9.97. The Hall–Kier alpha value is -3.53. The van der Waals surface area contributed by atoms with E-state index in [-0.39, 0.29) is 34.1 Å². The SMILES string of the molecule is CC1C=CC=CC1Nc1nc(-c2ccc(S(N)(=O)=O)cc2)n(-c2ccc(Cl)cc2)c(=O)c1C=N. The number of sulfonamides is 1. The van der Waals surface area contributed by atoms with Crippen LogP contribution in [-0.4, -0.2) is 30.2 Å². The molecule has 2 unspecified atom stereocenters. The maximum Gasteiger partial charge on any atom is 0.269 e. The average Bonchev–Trinajstić information content (AvgIpc) is 2.81. The highest BCUT2D eigenvalue weighted by Crippen LogP contribution is 2.26. The summed E-state index contributed by atoms with van der Waals surface area (Å²) in [4.78, 5) is 18.3. The molecule has 1 heterocycles. The quantitative estimate of drug-likeness (QED) is 0.448. The molecule has 0 fully saturated rings. The highest BCUT2D eigenvalue weighted by atomic mass is 35.5. The number of nitrogens with zero attached hydrogens (tertiary/aromatic N) is 2. The summed E-state index contributed by atoms with van der Waals surface area (Å²) in [5.41, 5.74) is 0.625. The topological polar surface area (TPSA) is 131 Å². The monoisotopic (exact) mass is 495 g/mol. The van der Waals surface area contributed by atoms with Gasteiger partial charge in [0, 0.05) is 16.8 Å². The highest BCUT2D eigenvalue weighted by molar-refractivity contribution is 7.89. The van der Waals surface area contributed by atoms with Gasteiger partial charge in [-0.2, -0.15) is 0 Å². The molecule has 2 aromatic carbocycles. The van der Waals surface area contributed by atoms with Gasteiger partial charge >= 0.3 is 0 Å². The van der Waals surface area contributed by atoms with Crippen molar-refractivity contribution in [2.24, 2.45) is 11.1 Å². The second kappa shape index (κ2) is 9.38. The Labute approximate surface area is 202 Å². The van der Waals surface area contributed by atoms with E-state index in [0.29, 0.717) is 16.3 Å². The van der Waals surface area contributed by atoms with Crippen LogP contribution >= 0.6 is 11.6 Å². The Bertz CT molecular complexity index is 1460. The standard InChI is InChI=1S/C24H22ClN5O3S/c1-15-4-2-3-5-21(15)28-22-20(14-26)24(31)30(18-10-8-17(25)9-11-18)23(29-22)16-6-12-19(13-7-16)34(27,32)33/h2-15,21,26,28H,1H3,(H2,27,32,33). The fraction of sp³-hybridized carbons (Fsp3) is 0.125. The summed E-state index contributed by atoms with van der Waals surface area (Å²) in [5.74, 6) is 0.665. The number of hydrogen-bond acceptors (Lipinski definition) is 6. The molecule has 0 radical (unpaired) electrons. The lowest BCUT2D eigenvalue weighted by Gasteiger charge is -2.24. The minimum atomic E-state index is -3.88. The minimum absolute atomic E-state index is 0.0564. The third kappa shape index (κ3) is 4.72. The van der Waals surface area contributed by atoms with Gasteiger partial charge in [0.25, 0.3) is 5.56 Å². The van der Waals surface area contributed by atoms with Crippen LogP contribution in [0.4, 0.5) is 5.82 Å². The van der Waals surface area contributed by atoms with Crippen molar-refractivity contribution in [3.8, 4) is 17.1 Å². The van der Waals surface area contributed by atoms with Crippen LogP contribution in [0, 0.1) is 11.3 Å². The number of hydrogen-bond donors (Lipinski definition) is 3. The van der Waals surface area contributed by atoms with E-state index in [0.717, 1.165) is 6.21 Å². The maximum absolute atomic E-state index is 13.6. The van der Waals surface area contributed by atoms with Crippen LogP contribution in [0.1, 0.15) is 12.5 Å². The molecule has 0 saturated heterocycles. The molecule has 174 valence electrons. The van der Waals surface area contributed by atoms with Gasteiger partial charge in [-0.15, -0.1) is 0 Å². The average molecular weight is 496 g/mol. The van der Waals surface area contributed by atoms with Crippen LogP contribution in [-0.2, 0) is 10.0 Å². The molecule has 3 aromatic rings. The van der Waals surface area contributed by atoms with Gasteiger partial charge in [0.05, 0.1) is 16.6 Å². The summed E-state index contributed by atoms with van der Waals surface area (Å²) in [6, 6.07) is 12.3. The smallest absolute Gasteiger partial charge is 0.269 e. The first kappa shape index (κ1) is 23.6. The van der Waals surface area contributed by atoms with Crippen molar-refractivity contribution in [3.63, 3.8) is 0 Å². The number of anilines is 1. The third-order valence-corrected chi connectivity index (χ3v) is 6.68. The molecular weight excluding hydrogens is 474 g/mol. The number of nitrogens with one attached hydrogen (secondary N) is 2. The number of aromatic nitrogens is 2. The Kier molecular flexibility index (Phi) is 6.52. The second-order valence-electron chi connectivity index (χ2n) is 7.83. The molecule has 0 bridgehead atoms. The normalized spacial score (nSPS) is 17.5. The lowest BCUT2D eigenvalue weighted by Crippen LogP contribution is -2.31. The maximum atomic E-state index is 13.6. The van der Waals surface area contributed by atoms with Gasteiger partial charge in [0.15, 0.2) is 0 Å². The third-order valence-electron chi connectivity index (χ3n) is 5.50. The summed E-state index contributed by atoms with van der Waals surface area (Å²) in [6.07, 6.45) is 8.83. The zero-order chi connectivity index (χ0) is 24.5. The van der Waals surface area contributed by atoms with E-state index in [1.54, 1.807) is 24.3 Å². The van der Waals surface area contributed by atoms with Gasteiger partial charge in [-0.1, -0.05) is 42.8 Å². The van der Waals surface area contributed by atoms with E-state index in [2.05, 4.69) is 5.32 Å². The van der Waals surface area contributed by atoms with Gasteiger partial charge in [-0.3, -0.25) is 9.36 Å². The van der Waals surface area contributed by atoms with Crippen LogP contribution in [0.2, 0.25) is 5.02 Å². The molecule has 0 spiro atoms. The second-order valence-corrected chi connectivity index (χ2v) is 9.83. The van der Waals surface area contributed by atoms with Gasteiger partial charge in [-0.05, 0) is 54.4 Å². The fourth-order valence-electron chi connectivity index (χ4n) is 3.65. The van der Waals surface area contributed by atoms with Crippen LogP contribution in [0.25, 0.3) is 17.1 Å². The van der Waals surface area contributed by atoms with Crippen molar-refractivity contribution in [1.82, 2.24) is 9.55 Å². The molecule has 10 heteroatoms. The van der Waals surface area contributed by atoms with E-state index in [1.165, 1.54) is 28.8 Å². The Balaban J connectivity index is 1.94. The van der Waals surface area contributed by atoms with Crippen molar-refractivity contribution in [2.75, 3.05) is 5.32 Å².